The van der Waals surface area contributed by atoms with Crippen LogP contribution in [0.1, 0.15) is 37.2 Å². The third-order valence-electron chi connectivity index (χ3n) is 3.65. The molecule has 0 radical (unpaired) electrons. The summed E-state index contributed by atoms with van der Waals surface area (Å²) in [4.78, 5) is 9.79. The SMILES string of the molecule is C=C/C=C(\C=C)c1nc2cc(C)ccc2nc1C(/C=C\C)=C/CC. The van der Waals surface area contributed by atoms with Crippen molar-refractivity contribution in [1.29, 1.82) is 0 Å². The van der Waals surface area contributed by atoms with Gasteiger partial charge in [-0.2, -0.15) is 0 Å². The normalized spacial score (nSPS) is 12.8. The molecule has 0 aliphatic rings. The van der Waals surface area contributed by atoms with E-state index in [0.717, 1.165) is 40.0 Å². The zero-order valence-corrected chi connectivity index (χ0v) is 14.7. The summed E-state index contributed by atoms with van der Waals surface area (Å²) in [5.41, 5.74) is 6.65. The number of nitrogens with zero attached hydrogens (tertiary/aromatic N) is 2. The number of aromatic nitrogens is 2. The van der Waals surface area contributed by atoms with Crippen molar-refractivity contribution in [2.45, 2.75) is 27.2 Å². The Morgan fingerprint density at radius 3 is 2.42 bits per heavy atom. The summed E-state index contributed by atoms with van der Waals surface area (Å²) in [6.45, 7) is 13.9. The van der Waals surface area contributed by atoms with Crippen LogP contribution in [0.5, 0.6) is 0 Å². The Kier molecular flexibility index (Phi) is 6.02. The maximum Gasteiger partial charge on any atom is 0.0972 e. The van der Waals surface area contributed by atoms with Gasteiger partial charge in [0.2, 0.25) is 0 Å². The van der Waals surface area contributed by atoms with Gasteiger partial charge in [-0.1, -0.05) is 62.6 Å². The second kappa shape index (κ2) is 8.21. The highest BCUT2D eigenvalue weighted by molar-refractivity contribution is 5.88. The summed E-state index contributed by atoms with van der Waals surface area (Å²) in [5, 5.41) is 0. The highest BCUT2D eigenvalue weighted by Crippen LogP contribution is 2.27. The van der Waals surface area contributed by atoms with Gasteiger partial charge in [0, 0.05) is 5.57 Å². The van der Waals surface area contributed by atoms with Gasteiger partial charge in [0.15, 0.2) is 0 Å². The van der Waals surface area contributed by atoms with Gasteiger partial charge in [-0.25, -0.2) is 9.97 Å². The Morgan fingerprint density at radius 2 is 1.79 bits per heavy atom. The quantitative estimate of drug-likeness (QED) is 0.605. The lowest BCUT2D eigenvalue weighted by molar-refractivity contribution is 1.19. The monoisotopic (exact) mass is 316 g/mol. The molecule has 0 aliphatic carbocycles. The van der Waals surface area contributed by atoms with E-state index in [2.05, 4.69) is 51.3 Å². The van der Waals surface area contributed by atoms with Crippen LogP contribution >= 0.6 is 0 Å². The van der Waals surface area contributed by atoms with Crippen LogP contribution in [-0.2, 0) is 0 Å². The molecule has 2 rings (SSSR count). The molecule has 1 aromatic carbocycles. The number of benzene rings is 1. The molecular formula is C22H24N2. The first kappa shape index (κ1) is 17.6. The Morgan fingerprint density at radius 1 is 1.08 bits per heavy atom. The van der Waals surface area contributed by atoms with Gasteiger partial charge in [0.25, 0.3) is 0 Å². The fourth-order valence-corrected chi connectivity index (χ4v) is 2.58. The van der Waals surface area contributed by atoms with Crippen LogP contribution in [0.2, 0.25) is 0 Å². The van der Waals surface area contributed by atoms with Crippen molar-refractivity contribution in [3.8, 4) is 0 Å². The Hall–Kier alpha value is -2.74. The minimum absolute atomic E-state index is 0.834. The Balaban J connectivity index is 2.86. The smallest absolute Gasteiger partial charge is 0.0972 e. The van der Waals surface area contributed by atoms with Crippen LogP contribution < -0.4 is 0 Å². The van der Waals surface area contributed by atoms with Gasteiger partial charge in [0.1, 0.15) is 0 Å². The van der Waals surface area contributed by atoms with Crippen molar-refractivity contribution >= 4 is 22.2 Å². The van der Waals surface area contributed by atoms with E-state index < -0.39 is 0 Å². The van der Waals surface area contributed by atoms with E-state index >= 15 is 0 Å². The van der Waals surface area contributed by atoms with E-state index in [1.165, 1.54) is 5.56 Å². The summed E-state index contributed by atoms with van der Waals surface area (Å²) < 4.78 is 0. The van der Waals surface area contributed by atoms with Crippen LogP contribution in [0.25, 0.3) is 22.2 Å². The van der Waals surface area contributed by atoms with Crippen molar-refractivity contribution in [1.82, 2.24) is 9.97 Å². The third-order valence-corrected chi connectivity index (χ3v) is 3.65. The molecule has 0 bridgehead atoms. The van der Waals surface area contributed by atoms with E-state index in [-0.39, 0.29) is 0 Å². The molecule has 0 N–H and O–H groups in total. The molecule has 122 valence electrons. The largest absolute Gasteiger partial charge is 0.244 e. The van der Waals surface area contributed by atoms with Gasteiger partial charge >= 0.3 is 0 Å². The lowest BCUT2D eigenvalue weighted by Gasteiger charge is -2.12. The molecule has 1 aromatic heterocycles. The van der Waals surface area contributed by atoms with Crippen LogP contribution in [-0.4, -0.2) is 9.97 Å². The number of fused-ring (bicyclic) bond motifs is 1. The number of hydrogen-bond donors (Lipinski definition) is 0. The zero-order chi connectivity index (χ0) is 17.5. The lowest BCUT2D eigenvalue weighted by atomic mass is 10.0. The average Bonchev–Trinajstić information content (AvgIpc) is 2.58. The number of rotatable bonds is 6. The summed E-state index contributed by atoms with van der Waals surface area (Å²) in [6, 6.07) is 6.14. The van der Waals surface area contributed by atoms with Crippen molar-refractivity contribution in [3.05, 3.63) is 84.8 Å². The van der Waals surface area contributed by atoms with Crippen LogP contribution in [0.4, 0.5) is 0 Å². The highest BCUT2D eigenvalue weighted by atomic mass is 14.8. The third kappa shape index (κ3) is 3.77. The van der Waals surface area contributed by atoms with E-state index in [0.29, 0.717) is 0 Å². The second-order valence-corrected chi connectivity index (χ2v) is 5.54. The molecule has 0 saturated carbocycles. The minimum Gasteiger partial charge on any atom is -0.244 e. The van der Waals surface area contributed by atoms with Crippen LogP contribution in [0, 0.1) is 6.92 Å². The fourth-order valence-electron chi connectivity index (χ4n) is 2.58. The van der Waals surface area contributed by atoms with Gasteiger partial charge in [-0.05, 0) is 43.5 Å². The van der Waals surface area contributed by atoms with Gasteiger partial charge < -0.3 is 0 Å². The van der Waals surface area contributed by atoms with E-state index in [1.54, 1.807) is 12.2 Å². The standard InChI is InChI=1S/C22H24N2/c1-6-10-17(9-4)21-22(18(11-7-2)12-8-3)23-19-14-13-16(5)15-20(19)24-21/h6-7,9-15H,1,4,8H2,2-3,5H3/b11-7-,17-10+,18-12+. The van der Waals surface area contributed by atoms with E-state index in [1.807, 2.05) is 25.1 Å². The van der Waals surface area contributed by atoms with Gasteiger partial charge in [-0.15, -0.1) is 0 Å². The molecule has 0 aliphatic heterocycles. The molecule has 0 amide bonds. The molecule has 0 unspecified atom stereocenters. The zero-order valence-electron chi connectivity index (χ0n) is 14.7. The van der Waals surface area contributed by atoms with Crippen molar-refractivity contribution < 1.29 is 0 Å². The maximum absolute atomic E-state index is 4.90. The molecule has 2 aromatic rings. The molecule has 0 fully saturated rings. The van der Waals surface area contributed by atoms with Crippen molar-refractivity contribution in [2.24, 2.45) is 0 Å². The average molecular weight is 316 g/mol. The molecule has 0 spiro atoms. The number of aryl methyl sites for hydroxylation is 1. The first-order valence-electron chi connectivity index (χ1n) is 8.21. The maximum atomic E-state index is 4.90. The van der Waals surface area contributed by atoms with Crippen LogP contribution in [0.15, 0.2) is 67.8 Å². The molecule has 0 atom stereocenters. The van der Waals surface area contributed by atoms with E-state index in [9.17, 15) is 0 Å². The molecule has 24 heavy (non-hydrogen) atoms. The summed E-state index contributed by atoms with van der Waals surface area (Å²) >= 11 is 0. The predicted molar refractivity (Wildman–Crippen MR) is 106 cm³/mol. The molecule has 0 saturated heterocycles. The second-order valence-electron chi connectivity index (χ2n) is 5.54. The molecule has 2 nitrogen and oxygen atoms in total. The lowest BCUT2D eigenvalue weighted by Crippen LogP contribution is -2.01. The summed E-state index contributed by atoms with van der Waals surface area (Å²) in [5.74, 6) is 0. The number of hydrogen-bond acceptors (Lipinski definition) is 2. The van der Waals surface area contributed by atoms with Crippen LogP contribution in [0.3, 0.4) is 0 Å². The summed E-state index contributed by atoms with van der Waals surface area (Å²) in [6.07, 6.45) is 12.7. The van der Waals surface area contributed by atoms with Gasteiger partial charge in [-0.3, -0.25) is 0 Å². The summed E-state index contributed by atoms with van der Waals surface area (Å²) in [7, 11) is 0. The number of allylic oxidation sites excluding steroid dienone is 8. The van der Waals surface area contributed by atoms with Gasteiger partial charge in [0.05, 0.1) is 22.4 Å². The molecule has 2 heteroatoms. The topological polar surface area (TPSA) is 25.8 Å². The van der Waals surface area contributed by atoms with E-state index in [4.69, 9.17) is 9.97 Å². The first-order valence-corrected chi connectivity index (χ1v) is 8.21. The Labute approximate surface area is 144 Å². The highest BCUT2D eigenvalue weighted by Gasteiger charge is 2.14. The Bertz CT molecular complexity index is 852. The van der Waals surface area contributed by atoms with Crippen molar-refractivity contribution in [2.75, 3.05) is 0 Å². The molecular weight excluding hydrogens is 292 g/mol. The predicted octanol–water partition coefficient (Wildman–Crippen LogP) is 6.06. The molecule has 1 heterocycles. The minimum atomic E-state index is 0.834. The van der Waals surface area contributed by atoms with Crippen molar-refractivity contribution in [3.63, 3.8) is 0 Å². The first-order chi connectivity index (χ1) is 11.6. The fraction of sp³-hybridized carbons (Fsp3) is 0.182.